The Kier molecular flexibility index (Phi) is 5.55. The first-order valence-corrected chi connectivity index (χ1v) is 7.70. The third-order valence-corrected chi connectivity index (χ3v) is 5.42. The molecule has 1 rings (SSSR count). The Hall–Kier alpha value is -0.660. The van der Waals surface area contributed by atoms with Crippen molar-refractivity contribution in [1.82, 2.24) is 4.72 Å². The second-order valence-corrected chi connectivity index (χ2v) is 6.48. The van der Waals surface area contributed by atoms with Crippen molar-refractivity contribution in [2.45, 2.75) is 43.9 Å². The molecule has 1 aliphatic rings. The molecule has 0 aliphatic heterocycles. The largest absolute Gasteiger partial charge is 0.469 e. The highest BCUT2D eigenvalue weighted by atomic mass is 32.2. The SMILES string of the molecule is CCC(CO)NS(=O)(=O)C1CCCC1C(=O)OC. The number of sulfonamides is 1. The van der Waals surface area contributed by atoms with Gasteiger partial charge in [0.25, 0.3) is 0 Å². The fourth-order valence-corrected chi connectivity index (χ4v) is 4.33. The first-order valence-electron chi connectivity index (χ1n) is 6.16. The van der Waals surface area contributed by atoms with Gasteiger partial charge in [-0.1, -0.05) is 13.3 Å². The molecule has 1 saturated carbocycles. The smallest absolute Gasteiger partial charge is 0.310 e. The zero-order valence-electron chi connectivity index (χ0n) is 10.8. The molecule has 0 aromatic heterocycles. The summed E-state index contributed by atoms with van der Waals surface area (Å²) in [5.74, 6) is -1.07. The molecule has 1 fully saturated rings. The van der Waals surface area contributed by atoms with Crippen molar-refractivity contribution in [2.24, 2.45) is 5.92 Å². The van der Waals surface area contributed by atoms with Gasteiger partial charge in [0.1, 0.15) is 0 Å². The van der Waals surface area contributed by atoms with Gasteiger partial charge < -0.3 is 9.84 Å². The average molecular weight is 279 g/mol. The fraction of sp³-hybridized carbons (Fsp3) is 0.909. The Balaban J connectivity index is 2.80. The van der Waals surface area contributed by atoms with Crippen LogP contribution in [0.1, 0.15) is 32.6 Å². The minimum absolute atomic E-state index is 0.245. The third kappa shape index (κ3) is 3.43. The molecule has 0 saturated heterocycles. The van der Waals surface area contributed by atoms with E-state index in [9.17, 15) is 13.2 Å². The fourth-order valence-electron chi connectivity index (χ4n) is 2.29. The molecule has 0 heterocycles. The van der Waals surface area contributed by atoms with E-state index >= 15 is 0 Å². The Bertz CT molecular complexity index is 377. The molecule has 3 atom stereocenters. The molecule has 6 nitrogen and oxygen atoms in total. The minimum Gasteiger partial charge on any atom is -0.469 e. The summed E-state index contributed by atoms with van der Waals surface area (Å²) in [6.45, 7) is 1.54. The lowest BCUT2D eigenvalue weighted by Gasteiger charge is -2.21. The van der Waals surface area contributed by atoms with E-state index in [0.29, 0.717) is 25.7 Å². The van der Waals surface area contributed by atoms with Crippen molar-refractivity contribution >= 4 is 16.0 Å². The van der Waals surface area contributed by atoms with Crippen LogP contribution in [0.3, 0.4) is 0 Å². The number of nitrogens with one attached hydrogen (secondary N) is 1. The van der Waals surface area contributed by atoms with Gasteiger partial charge in [-0.25, -0.2) is 13.1 Å². The minimum atomic E-state index is -3.60. The Labute approximate surface area is 108 Å². The zero-order chi connectivity index (χ0) is 13.8. The second kappa shape index (κ2) is 6.49. The van der Waals surface area contributed by atoms with Crippen molar-refractivity contribution < 1.29 is 23.1 Å². The highest BCUT2D eigenvalue weighted by Gasteiger charge is 2.42. The number of carbonyl (C=O) groups excluding carboxylic acids is 1. The summed E-state index contributed by atoms with van der Waals surface area (Å²) >= 11 is 0. The highest BCUT2D eigenvalue weighted by molar-refractivity contribution is 7.90. The summed E-state index contributed by atoms with van der Waals surface area (Å²) in [4.78, 5) is 11.5. The molecule has 0 spiro atoms. The van der Waals surface area contributed by atoms with E-state index in [4.69, 9.17) is 5.11 Å². The predicted molar refractivity (Wildman–Crippen MR) is 66.4 cm³/mol. The number of methoxy groups -OCH3 is 1. The maximum Gasteiger partial charge on any atom is 0.310 e. The van der Waals surface area contributed by atoms with Gasteiger partial charge in [-0.05, 0) is 19.3 Å². The van der Waals surface area contributed by atoms with Gasteiger partial charge in [0.2, 0.25) is 10.0 Å². The monoisotopic (exact) mass is 279 g/mol. The molecule has 7 heteroatoms. The maximum atomic E-state index is 12.2. The van der Waals surface area contributed by atoms with Crippen LogP contribution in [0.15, 0.2) is 0 Å². The highest BCUT2D eigenvalue weighted by Crippen LogP contribution is 2.31. The van der Waals surface area contributed by atoms with E-state index in [1.165, 1.54) is 7.11 Å². The number of aliphatic hydroxyl groups excluding tert-OH is 1. The molecule has 0 aromatic carbocycles. The molecular weight excluding hydrogens is 258 g/mol. The number of esters is 1. The van der Waals surface area contributed by atoms with Gasteiger partial charge in [0, 0.05) is 6.04 Å². The van der Waals surface area contributed by atoms with Crippen molar-refractivity contribution in [2.75, 3.05) is 13.7 Å². The van der Waals surface area contributed by atoms with E-state index < -0.39 is 33.2 Å². The van der Waals surface area contributed by atoms with Gasteiger partial charge in [0.05, 0.1) is 24.9 Å². The van der Waals surface area contributed by atoms with Gasteiger partial charge in [-0.3, -0.25) is 4.79 Å². The first-order chi connectivity index (χ1) is 8.46. The number of hydrogen-bond donors (Lipinski definition) is 2. The molecule has 0 bridgehead atoms. The van der Waals surface area contributed by atoms with Crippen LogP contribution < -0.4 is 4.72 Å². The van der Waals surface area contributed by atoms with Crippen molar-refractivity contribution in [3.8, 4) is 0 Å². The molecule has 2 N–H and O–H groups in total. The number of carbonyl (C=O) groups is 1. The van der Waals surface area contributed by atoms with Crippen LogP contribution in [0.25, 0.3) is 0 Å². The summed E-state index contributed by atoms with van der Waals surface area (Å²) in [5.41, 5.74) is 0. The molecular formula is C11H21NO5S. The topological polar surface area (TPSA) is 92.7 Å². The molecule has 106 valence electrons. The van der Waals surface area contributed by atoms with Crippen LogP contribution in [0.5, 0.6) is 0 Å². The van der Waals surface area contributed by atoms with Crippen LogP contribution >= 0.6 is 0 Å². The third-order valence-electron chi connectivity index (χ3n) is 3.40. The van der Waals surface area contributed by atoms with Crippen LogP contribution in [-0.2, 0) is 19.6 Å². The molecule has 3 unspecified atom stereocenters. The Morgan fingerprint density at radius 1 is 1.50 bits per heavy atom. The maximum absolute atomic E-state index is 12.2. The van der Waals surface area contributed by atoms with Crippen molar-refractivity contribution in [1.29, 1.82) is 0 Å². The van der Waals surface area contributed by atoms with Crippen LogP contribution in [0.4, 0.5) is 0 Å². The summed E-state index contributed by atoms with van der Waals surface area (Å²) in [6, 6.07) is -0.492. The normalized spacial score (nSPS) is 25.9. The lowest BCUT2D eigenvalue weighted by Crippen LogP contribution is -2.45. The number of ether oxygens (including phenoxy) is 1. The summed E-state index contributed by atoms with van der Waals surface area (Å²) < 4.78 is 31.4. The van der Waals surface area contributed by atoms with Crippen molar-refractivity contribution in [3.63, 3.8) is 0 Å². The molecule has 0 aromatic rings. The van der Waals surface area contributed by atoms with Gasteiger partial charge in [-0.15, -0.1) is 0 Å². The number of hydrogen-bond acceptors (Lipinski definition) is 5. The summed E-state index contributed by atoms with van der Waals surface area (Å²) in [5, 5.41) is 8.29. The predicted octanol–water partition coefficient (Wildman–Crippen LogP) is 0.0184. The van der Waals surface area contributed by atoms with Crippen LogP contribution in [0, 0.1) is 5.92 Å². The molecule has 0 amide bonds. The Morgan fingerprint density at radius 3 is 2.67 bits per heavy atom. The molecule has 0 radical (unpaired) electrons. The molecule has 1 aliphatic carbocycles. The van der Waals surface area contributed by atoms with E-state index in [0.717, 1.165) is 0 Å². The van der Waals surface area contributed by atoms with Gasteiger partial charge in [-0.2, -0.15) is 0 Å². The van der Waals surface area contributed by atoms with Gasteiger partial charge in [0.15, 0.2) is 0 Å². The van der Waals surface area contributed by atoms with Crippen molar-refractivity contribution in [3.05, 3.63) is 0 Å². The quantitative estimate of drug-likeness (QED) is 0.669. The van der Waals surface area contributed by atoms with E-state index in [2.05, 4.69) is 9.46 Å². The second-order valence-electron chi connectivity index (χ2n) is 4.55. The first kappa shape index (κ1) is 15.4. The zero-order valence-corrected chi connectivity index (χ0v) is 11.6. The summed E-state index contributed by atoms with van der Waals surface area (Å²) in [6.07, 6.45) is 2.19. The average Bonchev–Trinajstić information content (AvgIpc) is 2.85. The Morgan fingerprint density at radius 2 is 2.17 bits per heavy atom. The summed E-state index contributed by atoms with van der Waals surface area (Å²) in [7, 11) is -2.33. The lowest BCUT2D eigenvalue weighted by molar-refractivity contribution is -0.145. The van der Waals surface area contributed by atoms with Gasteiger partial charge >= 0.3 is 5.97 Å². The van der Waals surface area contributed by atoms with E-state index in [-0.39, 0.29) is 6.61 Å². The van der Waals surface area contributed by atoms with E-state index in [1.54, 1.807) is 6.92 Å². The van der Waals surface area contributed by atoms with Crippen LogP contribution in [-0.4, -0.2) is 44.5 Å². The van der Waals surface area contributed by atoms with Crippen LogP contribution in [0.2, 0.25) is 0 Å². The standard InChI is InChI=1S/C11H21NO5S/c1-3-8(7-13)12-18(15,16)10-6-4-5-9(10)11(14)17-2/h8-10,12-13H,3-7H2,1-2H3. The number of rotatable bonds is 6. The lowest BCUT2D eigenvalue weighted by atomic mass is 10.1. The number of aliphatic hydroxyl groups is 1. The van der Waals surface area contributed by atoms with E-state index in [1.807, 2.05) is 0 Å². The molecule has 18 heavy (non-hydrogen) atoms.